The van der Waals surface area contributed by atoms with Crippen molar-refractivity contribution in [2.75, 3.05) is 6.66 Å². The second-order valence-corrected chi connectivity index (χ2v) is 10.1. The van der Waals surface area contributed by atoms with Crippen LogP contribution in [0.2, 0.25) is 0 Å². The van der Waals surface area contributed by atoms with Crippen molar-refractivity contribution in [1.29, 1.82) is 0 Å². The van der Waals surface area contributed by atoms with Gasteiger partial charge in [0.2, 0.25) is 0 Å². The van der Waals surface area contributed by atoms with Gasteiger partial charge in [0.1, 0.15) is 23.2 Å². The third-order valence-electron chi connectivity index (χ3n) is 4.55. The molecule has 3 aromatic carbocycles. The first-order valence-corrected chi connectivity index (χ1v) is 10.3. The molecule has 0 saturated heterocycles. The minimum atomic E-state index is -1.61. The molecule has 0 aromatic heterocycles. The number of hydrogen-bond donors (Lipinski definition) is 0. The van der Waals surface area contributed by atoms with Crippen LogP contribution in [0.3, 0.4) is 0 Å². The van der Waals surface area contributed by atoms with Gasteiger partial charge in [-0.2, -0.15) is 0 Å². The minimum absolute atomic E-state index is 1.33. The van der Waals surface area contributed by atoms with Crippen LogP contribution >= 0.6 is 7.26 Å². The molecule has 0 N–H and O–H groups in total. The molecule has 0 atom stereocenters. The number of benzene rings is 3. The molecule has 0 aliphatic rings. The molecule has 3 rings (SSSR count). The highest BCUT2D eigenvalue weighted by Gasteiger charge is 2.40. The highest BCUT2D eigenvalue weighted by atomic mass is 31.2. The van der Waals surface area contributed by atoms with Gasteiger partial charge in [-0.15, -0.1) is 0 Å². The van der Waals surface area contributed by atoms with Gasteiger partial charge in [0.05, 0.1) is 6.66 Å². The molecular weight excluding hydrogens is 295 g/mol. The molecule has 0 radical (unpaired) electrons. The van der Waals surface area contributed by atoms with Crippen LogP contribution in [0.15, 0.2) is 72.8 Å². The van der Waals surface area contributed by atoms with Crippen molar-refractivity contribution in [3.63, 3.8) is 0 Å². The Hall–Kier alpha value is -1.91. The summed E-state index contributed by atoms with van der Waals surface area (Å²) in [5.74, 6) is 0. The molecule has 0 bridgehead atoms. The summed E-state index contributed by atoms with van der Waals surface area (Å²) in [5.41, 5.74) is 3.98. The lowest BCUT2D eigenvalue weighted by Crippen LogP contribution is -2.30. The largest absolute Gasteiger partial charge is 0.109 e. The van der Waals surface area contributed by atoms with Crippen molar-refractivity contribution in [2.24, 2.45) is 0 Å². The molecule has 0 heterocycles. The van der Waals surface area contributed by atoms with Gasteiger partial charge >= 0.3 is 0 Å². The zero-order chi connectivity index (χ0) is 16.4. The topological polar surface area (TPSA) is 0 Å². The average molecular weight is 319 g/mol. The standard InChI is InChI=1S/C22H24P/c1-17-8-5-11-20(14-17)23(4,21-12-6-9-18(2)15-21)22-13-7-10-19(3)16-22/h5-16H,1-4H3/q+1. The Kier molecular flexibility index (Phi) is 4.37. The Morgan fingerprint density at radius 2 is 0.826 bits per heavy atom. The fourth-order valence-electron chi connectivity index (χ4n) is 3.17. The van der Waals surface area contributed by atoms with Gasteiger partial charge in [-0.05, 0) is 73.9 Å². The van der Waals surface area contributed by atoms with E-state index >= 15 is 0 Å². The lowest BCUT2D eigenvalue weighted by atomic mass is 10.2. The summed E-state index contributed by atoms with van der Waals surface area (Å²) in [6.07, 6.45) is 0. The number of hydrogen-bond acceptors (Lipinski definition) is 0. The summed E-state index contributed by atoms with van der Waals surface area (Å²) in [6.45, 7) is 8.99. The van der Waals surface area contributed by atoms with Crippen LogP contribution in [0.1, 0.15) is 16.7 Å². The quantitative estimate of drug-likeness (QED) is 0.622. The van der Waals surface area contributed by atoms with Crippen LogP contribution in [0.4, 0.5) is 0 Å². The molecule has 23 heavy (non-hydrogen) atoms. The van der Waals surface area contributed by atoms with E-state index in [1.165, 1.54) is 32.6 Å². The Bertz CT molecular complexity index is 722. The summed E-state index contributed by atoms with van der Waals surface area (Å²) in [4.78, 5) is 0. The van der Waals surface area contributed by atoms with Crippen molar-refractivity contribution in [2.45, 2.75) is 20.8 Å². The van der Waals surface area contributed by atoms with E-state index < -0.39 is 7.26 Å². The lowest BCUT2D eigenvalue weighted by molar-refractivity contribution is 1.48. The van der Waals surface area contributed by atoms with Crippen molar-refractivity contribution < 1.29 is 0 Å². The highest BCUT2D eigenvalue weighted by Crippen LogP contribution is 2.51. The molecule has 0 fully saturated rings. The van der Waals surface area contributed by atoms with Crippen molar-refractivity contribution in [3.8, 4) is 0 Å². The first kappa shape index (κ1) is 16.0. The van der Waals surface area contributed by atoms with E-state index in [0.29, 0.717) is 0 Å². The molecule has 0 amide bonds. The van der Waals surface area contributed by atoms with E-state index in [1.807, 2.05) is 0 Å². The van der Waals surface area contributed by atoms with Gasteiger partial charge < -0.3 is 0 Å². The van der Waals surface area contributed by atoms with Crippen LogP contribution in [-0.2, 0) is 0 Å². The zero-order valence-electron chi connectivity index (χ0n) is 14.4. The average Bonchev–Trinajstić information content (AvgIpc) is 2.54. The van der Waals surface area contributed by atoms with Crippen molar-refractivity contribution in [3.05, 3.63) is 89.5 Å². The summed E-state index contributed by atoms with van der Waals surface area (Å²) >= 11 is 0. The van der Waals surface area contributed by atoms with E-state index in [9.17, 15) is 0 Å². The molecule has 0 unspecified atom stereocenters. The predicted octanol–water partition coefficient (Wildman–Crippen LogP) is 4.54. The predicted molar refractivity (Wildman–Crippen MR) is 105 cm³/mol. The second kappa shape index (κ2) is 6.30. The molecule has 0 aliphatic heterocycles. The van der Waals surface area contributed by atoms with Crippen LogP contribution in [0.5, 0.6) is 0 Å². The molecule has 0 nitrogen and oxygen atoms in total. The molecule has 3 aromatic rings. The SMILES string of the molecule is Cc1cccc([P+](C)(c2cccc(C)c2)c2cccc(C)c2)c1. The molecule has 0 aliphatic carbocycles. The Balaban J connectivity index is 2.29. The first-order valence-electron chi connectivity index (χ1n) is 8.08. The van der Waals surface area contributed by atoms with E-state index in [4.69, 9.17) is 0 Å². The maximum absolute atomic E-state index is 2.45. The Labute approximate surface area is 140 Å². The van der Waals surface area contributed by atoms with Gasteiger partial charge in [-0.3, -0.25) is 0 Å². The molecule has 0 saturated carbocycles. The normalized spacial score (nSPS) is 11.5. The van der Waals surface area contributed by atoms with E-state index in [-0.39, 0.29) is 0 Å². The van der Waals surface area contributed by atoms with E-state index in [1.54, 1.807) is 0 Å². The maximum atomic E-state index is 2.45. The molecule has 0 spiro atoms. The van der Waals surface area contributed by atoms with E-state index in [0.717, 1.165) is 0 Å². The lowest BCUT2D eigenvalue weighted by Gasteiger charge is -2.24. The zero-order valence-corrected chi connectivity index (χ0v) is 15.3. The summed E-state index contributed by atoms with van der Waals surface area (Å²) < 4.78 is 0. The van der Waals surface area contributed by atoms with Crippen LogP contribution in [0.25, 0.3) is 0 Å². The van der Waals surface area contributed by atoms with E-state index in [2.05, 4.69) is 100 Å². The van der Waals surface area contributed by atoms with Gasteiger partial charge in [0.15, 0.2) is 0 Å². The maximum Gasteiger partial charge on any atom is 0.109 e. The molecule has 116 valence electrons. The summed E-state index contributed by atoms with van der Waals surface area (Å²) in [6, 6.07) is 27.1. The summed E-state index contributed by atoms with van der Waals surface area (Å²) in [5, 5.41) is 4.36. The van der Waals surface area contributed by atoms with Gasteiger partial charge in [-0.1, -0.05) is 36.4 Å². The first-order chi connectivity index (χ1) is 11.0. The van der Waals surface area contributed by atoms with Gasteiger partial charge in [-0.25, -0.2) is 0 Å². The third kappa shape index (κ3) is 3.09. The highest BCUT2D eigenvalue weighted by molar-refractivity contribution is 7.95. The van der Waals surface area contributed by atoms with Crippen LogP contribution in [0, 0.1) is 20.8 Å². The van der Waals surface area contributed by atoms with Crippen LogP contribution < -0.4 is 15.9 Å². The Morgan fingerprint density at radius 1 is 0.522 bits per heavy atom. The minimum Gasteiger partial charge on any atom is -0.0590 e. The molecule has 1 heteroatoms. The third-order valence-corrected chi connectivity index (χ3v) is 8.49. The van der Waals surface area contributed by atoms with Crippen molar-refractivity contribution >= 4 is 23.2 Å². The number of rotatable bonds is 3. The van der Waals surface area contributed by atoms with Crippen LogP contribution in [-0.4, -0.2) is 6.66 Å². The summed E-state index contributed by atoms with van der Waals surface area (Å²) in [7, 11) is -1.61. The second-order valence-electron chi connectivity index (χ2n) is 6.52. The fourth-order valence-corrected chi connectivity index (χ4v) is 6.60. The molecular formula is C22H24P+. The Morgan fingerprint density at radius 3 is 1.09 bits per heavy atom. The fraction of sp³-hybridized carbons (Fsp3) is 0.182. The van der Waals surface area contributed by atoms with Gasteiger partial charge in [0, 0.05) is 0 Å². The van der Waals surface area contributed by atoms with Gasteiger partial charge in [0.25, 0.3) is 0 Å². The number of aryl methyl sites for hydroxylation is 3. The monoisotopic (exact) mass is 319 g/mol. The smallest absolute Gasteiger partial charge is 0.0590 e. The van der Waals surface area contributed by atoms with Crippen molar-refractivity contribution in [1.82, 2.24) is 0 Å².